The molecule has 0 unspecified atom stereocenters. The summed E-state index contributed by atoms with van der Waals surface area (Å²) in [4.78, 5) is 28.4. The first kappa shape index (κ1) is 32.7. The number of aryl methyl sites for hydroxylation is 1. The monoisotopic (exact) mass is 603 g/mol. The molecule has 1 N–H and O–H groups in total. The normalized spacial score (nSPS) is 12.6. The number of carbonyl (C=O) groups is 2. The second-order valence-electron chi connectivity index (χ2n) is 10.4. The van der Waals surface area contributed by atoms with E-state index in [0.717, 1.165) is 23.3 Å². The van der Waals surface area contributed by atoms with Gasteiger partial charge in [0.1, 0.15) is 12.6 Å². The van der Waals surface area contributed by atoms with Gasteiger partial charge in [0.05, 0.1) is 16.1 Å². The molecule has 0 aliphatic rings. The van der Waals surface area contributed by atoms with Crippen LogP contribution in [0, 0.1) is 12.8 Å². The van der Waals surface area contributed by atoms with E-state index in [1.54, 1.807) is 19.1 Å². The second-order valence-corrected chi connectivity index (χ2v) is 12.3. The molecule has 0 spiro atoms. The van der Waals surface area contributed by atoms with Crippen LogP contribution in [-0.2, 0) is 32.3 Å². The summed E-state index contributed by atoms with van der Waals surface area (Å²) in [6.07, 6.45) is -4.50. The molecule has 0 fully saturated rings. The lowest BCUT2D eigenvalue weighted by Crippen LogP contribution is -2.52. The van der Waals surface area contributed by atoms with Crippen LogP contribution in [0.4, 0.5) is 18.9 Å². The summed E-state index contributed by atoms with van der Waals surface area (Å²) in [5.41, 5.74) is 0.260. The van der Waals surface area contributed by atoms with E-state index in [1.807, 2.05) is 39.0 Å². The molecule has 226 valence electrons. The minimum atomic E-state index is -4.73. The number of nitrogens with zero attached hydrogens (tertiary/aromatic N) is 2. The van der Waals surface area contributed by atoms with Gasteiger partial charge in [-0.1, -0.05) is 74.9 Å². The molecule has 0 saturated carbocycles. The number of benzene rings is 3. The van der Waals surface area contributed by atoms with Gasteiger partial charge in [0.15, 0.2) is 0 Å². The number of hydrogen-bond donors (Lipinski definition) is 1. The van der Waals surface area contributed by atoms with Gasteiger partial charge in [0.25, 0.3) is 10.0 Å². The van der Waals surface area contributed by atoms with E-state index in [2.05, 4.69) is 5.32 Å². The third kappa shape index (κ3) is 8.34. The summed E-state index contributed by atoms with van der Waals surface area (Å²) in [5.74, 6) is -0.983. The van der Waals surface area contributed by atoms with E-state index < -0.39 is 46.2 Å². The number of nitrogens with one attached hydrogen (secondary N) is 1. The van der Waals surface area contributed by atoms with E-state index >= 15 is 0 Å². The topological polar surface area (TPSA) is 86.8 Å². The van der Waals surface area contributed by atoms with Crippen LogP contribution in [0.1, 0.15) is 43.9 Å². The molecule has 0 radical (unpaired) electrons. The van der Waals surface area contributed by atoms with Gasteiger partial charge in [-0.25, -0.2) is 8.42 Å². The molecule has 0 heterocycles. The molecule has 7 nitrogen and oxygen atoms in total. The summed E-state index contributed by atoms with van der Waals surface area (Å²) in [6, 6.07) is 17.4. The molecule has 0 aromatic heterocycles. The number of amides is 2. The van der Waals surface area contributed by atoms with Gasteiger partial charge >= 0.3 is 6.18 Å². The maximum absolute atomic E-state index is 14.0. The molecule has 3 rings (SSSR count). The Morgan fingerprint density at radius 1 is 0.929 bits per heavy atom. The van der Waals surface area contributed by atoms with Gasteiger partial charge in [-0.15, -0.1) is 0 Å². The Morgan fingerprint density at radius 2 is 1.60 bits per heavy atom. The maximum atomic E-state index is 14.0. The van der Waals surface area contributed by atoms with Crippen molar-refractivity contribution in [3.05, 3.63) is 95.6 Å². The van der Waals surface area contributed by atoms with E-state index in [0.29, 0.717) is 16.9 Å². The molecule has 42 heavy (non-hydrogen) atoms. The molecule has 3 aromatic rings. The highest BCUT2D eigenvalue weighted by atomic mass is 32.2. The fourth-order valence-electron chi connectivity index (χ4n) is 4.44. The SMILES string of the molecule is CC[C@H](C(=O)NCC(C)C)N(Cc1cccc(C)c1)C(=O)CN(c1cccc(C(F)(F)F)c1)S(=O)(=O)c1ccccc1. The molecule has 3 aromatic carbocycles. The highest BCUT2D eigenvalue weighted by molar-refractivity contribution is 7.92. The zero-order chi connectivity index (χ0) is 31.1. The number of sulfonamides is 1. The minimum absolute atomic E-state index is 0.00403. The van der Waals surface area contributed by atoms with Crippen LogP contribution in [0.15, 0.2) is 83.8 Å². The summed E-state index contributed by atoms with van der Waals surface area (Å²) in [6.45, 7) is 7.02. The van der Waals surface area contributed by atoms with Crippen molar-refractivity contribution in [1.82, 2.24) is 10.2 Å². The van der Waals surface area contributed by atoms with Crippen molar-refractivity contribution < 1.29 is 31.2 Å². The Labute approximate surface area is 245 Å². The number of hydrogen-bond acceptors (Lipinski definition) is 4. The molecule has 2 amide bonds. The molecule has 0 aliphatic carbocycles. The summed E-state index contributed by atoms with van der Waals surface area (Å²) in [5, 5.41) is 2.84. The number of halogens is 3. The van der Waals surface area contributed by atoms with Crippen LogP contribution < -0.4 is 9.62 Å². The Morgan fingerprint density at radius 3 is 2.19 bits per heavy atom. The lowest BCUT2D eigenvalue weighted by molar-refractivity contribution is -0.140. The molecular formula is C31H36F3N3O4S. The fraction of sp³-hybridized carbons (Fsp3) is 0.355. The Hall–Kier alpha value is -3.86. The maximum Gasteiger partial charge on any atom is 0.416 e. The van der Waals surface area contributed by atoms with Crippen molar-refractivity contribution in [1.29, 1.82) is 0 Å². The van der Waals surface area contributed by atoms with E-state index in [1.165, 1.54) is 35.2 Å². The number of anilines is 1. The van der Waals surface area contributed by atoms with Gasteiger partial charge in [-0.05, 0) is 55.2 Å². The predicted molar refractivity (Wildman–Crippen MR) is 156 cm³/mol. The van der Waals surface area contributed by atoms with E-state index in [4.69, 9.17) is 0 Å². The predicted octanol–water partition coefficient (Wildman–Crippen LogP) is 5.79. The first-order valence-corrected chi connectivity index (χ1v) is 15.1. The van der Waals surface area contributed by atoms with Gasteiger partial charge < -0.3 is 10.2 Å². The highest BCUT2D eigenvalue weighted by Crippen LogP contribution is 2.33. The van der Waals surface area contributed by atoms with Crippen molar-refractivity contribution in [2.45, 2.75) is 57.8 Å². The molecule has 1 atom stereocenters. The lowest BCUT2D eigenvalue weighted by Gasteiger charge is -2.33. The third-order valence-electron chi connectivity index (χ3n) is 6.58. The Balaban J connectivity index is 2.10. The zero-order valence-electron chi connectivity index (χ0n) is 24.1. The van der Waals surface area contributed by atoms with Crippen LogP contribution in [0.5, 0.6) is 0 Å². The van der Waals surface area contributed by atoms with Crippen LogP contribution in [0.3, 0.4) is 0 Å². The lowest BCUT2D eigenvalue weighted by atomic mass is 10.1. The molecular weight excluding hydrogens is 567 g/mol. The van der Waals surface area contributed by atoms with E-state index in [9.17, 15) is 31.2 Å². The minimum Gasteiger partial charge on any atom is -0.354 e. The molecule has 11 heteroatoms. The standard InChI is InChI=1S/C31H36F3N3O4S/c1-5-28(30(39)35-19-22(2)3)36(20-24-12-9-11-23(4)17-24)29(38)21-37(42(40,41)27-15-7-6-8-16-27)26-14-10-13-25(18-26)31(32,33)34/h6-18,22,28H,5,19-21H2,1-4H3,(H,35,39)/t28-/m1/s1. The van der Waals surface area contributed by atoms with Crippen molar-refractivity contribution in [3.8, 4) is 0 Å². The Kier molecular flexibility index (Phi) is 10.8. The number of alkyl halides is 3. The second kappa shape index (κ2) is 13.9. The summed E-state index contributed by atoms with van der Waals surface area (Å²) in [7, 11) is -4.48. The van der Waals surface area contributed by atoms with Crippen LogP contribution in [0.2, 0.25) is 0 Å². The van der Waals surface area contributed by atoms with E-state index in [-0.39, 0.29) is 29.5 Å². The summed E-state index contributed by atoms with van der Waals surface area (Å²) < 4.78 is 69.1. The van der Waals surface area contributed by atoms with Gasteiger partial charge in [-0.3, -0.25) is 13.9 Å². The van der Waals surface area contributed by atoms with Crippen LogP contribution in [-0.4, -0.2) is 44.3 Å². The van der Waals surface area contributed by atoms with Gasteiger partial charge in [0.2, 0.25) is 11.8 Å². The molecule has 0 saturated heterocycles. The Bertz CT molecular complexity index is 1480. The van der Waals surface area contributed by atoms with Crippen molar-refractivity contribution in [2.24, 2.45) is 5.92 Å². The average Bonchev–Trinajstić information content (AvgIpc) is 2.94. The summed E-state index contributed by atoms with van der Waals surface area (Å²) >= 11 is 0. The van der Waals surface area contributed by atoms with Gasteiger partial charge in [-0.2, -0.15) is 13.2 Å². The highest BCUT2D eigenvalue weighted by Gasteiger charge is 2.36. The van der Waals surface area contributed by atoms with Crippen LogP contribution in [0.25, 0.3) is 0 Å². The molecule has 0 aliphatic heterocycles. The zero-order valence-corrected chi connectivity index (χ0v) is 24.9. The smallest absolute Gasteiger partial charge is 0.354 e. The largest absolute Gasteiger partial charge is 0.416 e. The molecule has 0 bridgehead atoms. The first-order valence-electron chi connectivity index (χ1n) is 13.6. The number of rotatable bonds is 12. The number of carbonyl (C=O) groups excluding carboxylic acids is 2. The van der Waals surface area contributed by atoms with Gasteiger partial charge in [0, 0.05) is 13.1 Å². The van der Waals surface area contributed by atoms with Crippen molar-refractivity contribution >= 4 is 27.5 Å². The third-order valence-corrected chi connectivity index (χ3v) is 8.37. The average molecular weight is 604 g/mol. The fourth-order valence-corrected chi connectivity index (χ4v) is 5.86. The van der Waals surface area contributed by atoms with Crippen molar-refractivity contribution in [3.63, 3.8) is 0 Å². The van der Waals surface area contributed by atoms with Crippen LogP contribution >= 0.6 is 0 Å². The quantitative estimate of drug-likeness (QED) is 0.284. The first-order chi connectivity index (χ1) is 19.7. The van der Waals surface area contributed by atoms with Crippen molar-refractivity contribution in [2.75, 3.05) is 17.4 Å².